The van der Waals surface area contributed by atoms with E-state index in [2.05, 4.69) is 20.2 Å². The molecule has 1 aliphatic rings. The number of anilines is 3. The molecule has 1 aliphatic heterocycles. The summed E-state index contributed by atoms with van der Waals surface area (Å²) in [5, 5.41) is 4.03. The van der Waals surface area contributed by atoms with Crippen molar-refractivity contribution in [3.05, 3.63) is 40.4 Å². The van der Waals surface area contributed by atoms with Crippen molar-refractivity contribution in [2.45, 2.75) is 13.0 Å². The molecule has 0 bridgehead atoms. The number of nitrogens with zero attached hydrogens (tertiary/aromatic N) is 3. The number of halogens is 1. The summed E-state index contributed by atoms with van der Waals surface area (Å²) in [6, 6.07) is 7.90. The summed E-state index contributed by atoms with van der Waals surface area (Å²) in [7, 11) is 0. The summed E-state index contributed by atoms with van der Waals surface area (Å²) < 4.78 is 0. The maximum atomic E-state index is 6.18. The second-order valence-corrected chi connectivity index (χ2v) is 5.43. The van der Waals surface area contributed by atoms with Crippen LogP contribution in [0.1, 0.15) is 11.1 Å². The van der Waals surface area contributed by atoms with E-state index in [-0.39, 0.29) is 5.95 Å². The van der Waals surface area contributed by atoms with E-state index in [1.165, 1.54) is 0 Å². The highest BCUT2D eigenvalue weighted by molar-refractivity contribution is 6.31. The van der Waals surface area contributed by atoms with E-state index in [4.69, 9.17) is 23.1 Å². The van der Waals surface area contributed by atoms with Crippen LogP contribution in [0.5, 0.6) is 0 Å². The molecule has 7 heteroatoms. The van der Waals surface area contributed by atoms with Crippen molar-refractivity contribution in [2.24, 2.45) is 0 Å². The third-order valence-corrected chi connectivity index (χ3v) is 3.93. The van der Waals surface area contributed by atoms with Crippen LogP contribution < -0.4 is 16.8 Å². The van der Waals surface area contributed by atoms with E-state index in [1.54, 1.807) is 0 Å². The molecule has 21 heavy (non-hydrogen) atoms. The van der Waals surface area contributed by atoms with Crippen molar-refractivity contribution in [1.29, 1.82) is 0 Å². The van der Waals surface area contributed by atoms with Crippen molar-refractivity contribution in [1.82, 2.24) is 14.9 Å². The van der Waals surface area contributed by atoms with E-state index in [9.17, 15) is 0 Å². The fraction of sp³-hybridized carbons (Fsp3) is 0.286. The minimum absolute atomic E-state index is 0.197. The van der Waals surface area contributed by atoms with Gasteiger partial charge in [-0.15, -0.1) is 0 Å². The van der Waals surface area contributed by atoms with Crippen molar-refractivity contribution in [3.8, 4) is 0 Å². The molecule has 0 unspecified atom stereocenters. The Balaban J connectivity index is 1.68. The summed E-state index contributed by atoms with van der Waals surface area (Å²) >= 11 is 6.18. The summed E-state index contributed by atoms with van der Waals surface area (Å²) in [5.74, 6) is 1.37. The topological polar surface area (TPSA) is 93.1 Å². The third-order valence-electron chi connectivity index (χ3n) is 3.56. The van der Waals surface area contributed by atoms with Gasteiger partial charge in [0.05, 0.1) is 12.2 Å². The Morgan fingerprint density at radius 3 is 2.86 bits per heavy atom. The molecule has 2 heterocycles. The Bertz CT molecular complexity index is 660. The average molecular weight is 305 g/mol. The van der Waals surface area contributed by atoms with Crippen LogP contribution in [-0.4, -0.2) is 28.1 Å². The van der Waals surface area contributed by atoms with Gasteiger partial charge in [-0.05, 0) is 18.1 Å². The lowest BCUT2D eigenvalue weighted by molar-refractivity contribution is 0.278. The van der Waals surface area contributed by atoms with Gasteiger partial charge >= 0.3 is 0 Å². The zero-order valence-corrected chi connectivity index (χ0v) is 12.3. The predicted octanol–water partition coefficient (Wildman–Crippen LogP) is 1.72. The number of hydrogen-bond acceptors (Lipinski definition) is 6. The number of hydrogen-bond donors (Lipinski definition) is 3. The van der Waals surface area contributed by atoms with Crippen molar-refractivity contribution < 1.29 is 0 Å². The minimum Gasteiger partial charge on any atom is -0.383 e. The van der Waals surface area contributed by atoms with Gasteiger partial charge in [-0.3, -0.25) is 4.90 Å². The SMILES string of the molecule is Nc1nc(N)c2c(n1)NCN(CCc1ccccc1Cl)C2. The number of fused-ring (bicyclic) bond motifs is 1. The van der Waals surface area contributed by atoms with E-state index in [0.29, 0.717) is 19.0 Å². The van der Waals surface area contributed by atoms with Gasteiger partial charge in [0.25, 0.3) is 0 Å². The van der Waals surface area contributed by atoms with Crippen LogP contribution in [0.4, 0.5) is 17.6 Å². The summed E-state index contributed by atoms with van der Waals surface area (Å²) in [4.78, 5) is 10.4. The summed E-state index contributed by atoms with van der Waals surface area (Å²) in [6.45, 7) is 2.28. The van der Waals surface area contributed by atoms with E-state index < -0.39 is 0 Å². The highest BCUT2D eigenvalue weighted by Gasteiger charge is 2.20. The molecule has 0 radical (unpaired) electrons. The van der Waals surface area contributed by atoms with Gasteiger partial charge in [0.15, 0.2) is 0 Å². The monoisotopic (exact) mass is 304 g/mol. The minimum atomic E-state index is 0.197. The van der Waals surface area contributed by atoms with Gasteiger partial charge in [0.1, 0.15) is 11.6 Å². The zero-order valence-electron chi connectivity index (χ0n) is 11.5. The number of nitrogen functional groups attached to an aromatic ring is 2. The van der Waals surface area contributed by atoms with Crippen LogP contribution in [0.15, 0.2) is 24.3 Å². The molecule has 5 N–H and O–H groups in total. The molecule has 110 valence electrons. The first-order chi connectivity index (χ1) is 10.1. The molecule has 0 amide bonds. The number of aromatic nitrogens is 2. The van der Waals surface area contributed by atoms with Crippen LogP contribution >= 0.6 is 11.6 Å². The molecule has 0 aliphatic carbocycles. The molecular weight excluding hydrogens is 288 g/mol. The first kappa shape index (κ1) is 13.9. The Hall–Kier alpha value is -2.05. The molecular formula is C14H17ClN6. The van der Waals surface area contributed by atoms with Crippen LogP contribution in [0.25, 0.3) is 0 Å². The van der Waals surface area contributed by atoms with Crippen LogP contribution in [0, 0.1) is 0 Å². The average Bonchev–Trinajstić information content (AvgIpc) is 2.46. The molecule has 0 fully saturated rings. The number of nitrogens with one attached hydrogen (secondary N) is 1. The standard InChI is InChI=1S/C14H17ClN6/c15-11-4-2-1-3-9(11)5-6-21-7-10-12(16)19-14(17)20-13(10)18-8-21/h1-4H,5-8H2,(H5,16,17,18,19,20). The van der Waals surface area contributed by atoms with E-state index in [1.807, 2.05) is 24.3 Å². The van der Waals surface area contributed by atoms with Crippen molar-refractivity contribution in [3.63, 3.8) is 0 Å². The zero-order chi connectivity index (χ0) is 14.8. The number of rotatable bonds is 3. The van der Waals surface area contributed by atoms with Gasteiger partial charge in [0, 0.05) is 18.1 Å². The Kier molecular flexibility index (Phi) is 3.81. The molecule has 2 aromatic rings. The lowest BCUT2D eigenvalue weighted by atomic mass is 10.1. The predicted molar refractivity (Wildman–Crippen MR) is 84.9 cm³/mol. The molecule has 1 aromatic carbocycles. The maximum Gasteiger partial charge on any atom is 0.223 e. The van der Waals surface area contributed by atoms with Crippen molar-refractivity contribution in [2.75, 3.05) is 30.0 Å². The fourth-order valence-electron chi connectivity index (χ4n) is 2.43. The van der Waals surface area contributed by atoms with E-state index in [0.717, 1.165) is 34.9 Å². The first-order valence-electron chi connectivity index (χ1n) is 6.75. The molecule has 0 atom stereocenters. The Morgan fingerprint density at radius 1 is 1.24 bits per heavy atom. The molecule has 3 rings (SSSR count). The summed E-state index contributed by atoms with van der Waals surface area (Å²) in [5.41, 5.74) is 13.6. The number of benzene rings is 1. The Labute approximate surface area is 128 Å². The van der Waals surface area contributed by atoms with Gasteiger partial charge in [0.2, 0.25) is 5.95 Å². The Morgan fingerprint density at radius 2 is 2.05 bits per heavy atom. The largest absolute Gasteiger partial charge is 0.383 e. The van der Waals surface area contributed by atoms with Crippen LogP contribution in [-0.2, 0) is 13.0 Å². The molecule has 0 spiro atoms. The smallest absolute Gasteiger partial charge is 0.223 e. The first-order valence-corrected chi connectivity index (χ1v) is 7.13. The van der Waals surface area contributed by atoms with Crippen molar-refractivity contribution >= 4 is 29.2 Å². The number of nitrogens with two attached hydrogens (primary N) is 2. The second-order valence-electron chi connectivity index (χ2n) is 5.02. The second kappa shape index (κ2) is 5.75. The van der Waals surface area contributed by atoms with Gasteiger partial charge in [-0.25, -0.2) is 0 Å². The summed E-state index contributed by atoms with van der Waals surface area (Å²) in [6.07, 6.45) is 0.881. The fourth-order valence-corrected chi connectivity index (χ4v) is 2.66. The third kappa shape index (κ3) is 3.01. The quantitative estimate of drug-likeness (QED) is 0.799. The van der Waals surface area contributed by atoms with Gasteiger partial charge < -0.3 is 16.8 Å². The van der Waals surface area contributed by atoms with E-state index >= 15 is 0 Å². The molecule has 0 saturated carbocycles. The molecule has 6 nitrogen and oxygen atoms in total. The lowest BCUT2D eigenvalue weighted by Crippen LogP contribution is -2.36. The van der Waals surface area contributed by atoms with Gasteiger partial charge in [-0.1, -0.05) is 29.8 Å². The molecule has 1 aromatic heterocycles. The normalized spacial score (nSPS) is 14.5. The lowest BCUT2D eigenvalue weighted by Gasteiger charge is -2.29. The van der Waals surface area contributed by atoms with Crippen LogP contribution in [0.2, 0.25) is 5.02 Å². The molecule has 0 saturated heterocycles. The highest BCUT2D eigenvalue weighted by Crippen LogP contribution is 2.25. The van der Waals surface area contributed by atoms with Crippen LogP contribution in [0.3, 0.4) is 0 Å². The highest BCUT2D eigenvalue weighted by atomic mass is 35.5. The maximum absolute atomic E-state index is 6.18. The van der Waals surface area contributed by atoms with Gasteiger partial charge in [-0.2, -0.15) is 9.97 Å².